The monoisotopic (exact) mass is 576 g/mol. The SMILES string of the molecule is CC1CC(c2cccc(-c3cnc4c(C(F)(F)F)cc(CN5CCCC(C6CC6)C5)cn4c3=O)c2)(c2nncn2C)C1. The van der Waals surface area contributed by atoms with Crippen LogP contribution in [0.1, 0.15) is 68.0 Å². The molecule has 0 N–H and O–H groups in total. The van der Waals surface area contributed by atoms with Crippen LogP contribution in [0.2, 0.25) is 0 Å². The molecule has 1 aromatic carbocycles. The first-order valence-corrected chi connectivity index (χ1v) is 14.9. The summed E-state index contributed by atoms with van der Waals surface area (Å²) < 4.78 is 45.8. The second kappa shape index (κ2) is 10.0. The first kappa shape index (κ1) is 27.3. The maximum absolute atomic E-state index is 14.3. The molecule has 3 fully saturated rings. The van der Waals surface area contributed by atoms with Crippen molar-refractivity contribution in [2.45, 2.75) is 63.6 Å². The lowest BCUT2D eigenvalue weighted by atomic mass is 9.58. The fourth-order valence-corrected chi connectivity index (χ4v) is 7.56. The fraction of sp³-hybridized carbons (Fsp3) is 0.500. The minimum absolute atomic E-state index is 0.270. The van der Waals surface area contributed by atoms with Crippen LogP contribution < -0.4 is 5.56 Å². The number of alkyl halides is 3. The number of hydrogen-bond donors (Lipinski definition) is 0. The number of aromatic nitrogens is 5. The van der Waals surface area contributed by atoms with Crippen LogP contribution >= 0.6 is 0 Å². The third-order valence-electron chi connectivity index (χ3n) is 9.66. The van der Waals surface area contributed by atoms with Gasteiger partial charge in [0, 0.05) is 32.5 Å². The van der Waals surface area contributed by atoms with Gasteiger partial charge in [-0.05, 0) is 91.6 Å². The summed E-state index contributed by atoms with van der Waals surface area (Å²) in [6, 6.07) is 8.88. The van der Waals surface area contributed by atoms with Crippen LogP contribution in [0.15, 0.2) is 53.8 Å². The van der Waals surface area contributed by atoms with Gasteiger partial charge in [-0.3, -0.25) is 14.1 Å². The van der Waals surface area contributed by atoms with Gasteiger partial charge in [-0.2, -0.15) is 13.2 Å². The van der Waals surface area contributed by atoms with Gasteiger partial charge in [-0.25, -0.2) is 4.98 Å². The molecule has 3 aliphatic rings. The minimum atomic E-state index is -4.63. The molecule has 1 atom stereocenters. The molecule has 2 saturated carbocycles. The van der Waals surface area contributed by atoms with E-state index in [9.17, 15) is 18.0 Å². The lowest BCUT2D eigenvalue weighted by Gasteiger charge is -2.46. The zero-order chi connectivity index (χ0) is 29.2. The Morgan fingerprint density at radius 1 is 1.10 bits per heavy atom. The summed E-state index contributed by atoms with van der Waals surface area (Å²) >= 11 is 0. The standard InChI is InChI=1S/C32H35F3N6O/c1-20-13-31(14-20,30-38-37-19-39(30)2)25-7-3-5-23(12-25)26-15-36-28-27(32(33,34)35)11-21(17-41(28)29(26)42)16-40-10-4-6-24(18-40)22-8-9-22/h3,5,7,11-12,15,17,19-20,22,24H,4,6,8-10,13-14,16,18H2,1-2H3. The lowest BCUT2D eigenvalue weighted by molar-refractivity contribution is -0.136. The molecule has 10 heteroatoms. The molecule has 7 nitrogen and oxygen atoms in total. The molecule has 7 rings (SSSR count). The van der Waals surface area contributed by atoms with Gasteiger partial charge in [0.2, 0.25) is 0 Å². The zero-order valence-electron chi connectivity index (χ0n) is 23.9. The first-order chi connectivity index (χ1) is 20.1. The average Bonchev–Trinajstić information content (AvgIpc) is 3.71. The summed E-state index contributed by atoms with van der Waals surface area (Å²) in [5.41, 5.74) is 0.310. The smallest absolute Gasteiger partial charge is 0.320 e. The zero-order valence-corrected chi connectivity index (χ0v) is 23.9. The van der Waals surface area contributed by atoms with Crippen molar-refractivity contribution in [3.8, 4) is 11.1 Å². The summed E-state index contributed by atoms with van der Waals surface area (Å²) in [6.45, 7) is 4.33. The van der Waals surface area contributed by atoms with Crippen LogP contribution in [0.3, 0.4) is 0 Å². The van der Waals surface area contributed by atoms with Crippen LogP contribution in [0.25, 0.3) is 16.8 Å². The number of piperidine rings is 1. The Bertz CT molecular complexity index is 1700. The highest BCUT2D eigenvalue weighted by molar-refractivity contribution is 5.66. The molecule has 220 valence electrons. The fourth-order valence-electron chi connectivity index (χ4n) is 7.56. The molecule has 4 heterocycles. The number of pyridine rings is 1. The van der Waals surface area contributed by atoms with Crippen molar-refractivity contribution in [2.24, 2.45) is 24.8 Å². The van der Waals surface area contributed by atoms with E-state index >= 15 is 0 Å². The molecule has 0 radical (unpaired) electrons. The number of rotatable bonds is 6. The predicted octanol–water partition coefficient (Wildman–Crippen LogP) is 5.85. The van der Waals surface area contributed by atoms with E-state index in [0.717, 1.165) is 54.1 Å². The maximum Gasteiger partial charge on any atom is 0.419 e. The van der Waals surface area contributed by atoms with E-state index in [2.05, 4.69) is 27.0 Å². The molecule has 3 aromatic heterocycles. The Hall–Kier alpha value is -3.53. The van der Waals surface area contributed by atoms with Crippen LogP contribution in [-0.4, -0.2) is 42.1 Å². The molecule has 2 aliphatic carbocycles. The molecule has 4 aromatic rings. The number of nitrogens with zero attached hydrogens (tertiary/aromatic N) is 6. The number of aryl methyl sites for hydroxylation is 1. The summed E-state index contributed by atoms with van der Waals surface area (Å²) in [5.74, 6) is 2.76. The molecule has 1 unspecified atom stereocenters. The number of fused-ring (bicyclic) bond motifs is 1. The Morgan fingerprint density at radius 3 is 2.60 bits per heavy atom. The van der Waals surface area contributed by atoms with Gasteiger partial charge >= 0.3 is 6.18 Å². The topological polar surface area (TPSA) is 68.3 Å². The Balaban J connectivity index is 1.29. The van der Waals surface area contributed by atoms with E-state index in [1.807, 2.05) is 35.9 Å². The van der Waals surface area contributed by atoms with Gasteiger partial charge in [0.1, 0.15) is 12.2 Å². The van der Waals surface area contributed by atoms with E-state index in [0.29, 0.717) is 29.5 Å². The Morgan fingerprint density at radius 2 is 1.90 bits per heavy atom. The van der Waals surface area contributed by atoms with Crippen molar-refractivity contribution in [3.63, 3.8) is 0 Å². The summed E-state index contributed by atoms with van der Waals surface area (Å²) in [7, 11) is 1.93. The van der Waals surface area contributed by atoms with Crippen molar-refractivity contribution in [3.05, 3.63) is 81.9 Å². The van der Waals surface area contributed by atoms with Gasteiger partial charge < -0.3 is 4.57 Å². The van der Waals surface area contributed by atoms with E-state index in [4.69, 9.17) is 0 Å². The molecule has 0 bridgehead atoms. The largest absolute Gasteiger partial charge is 0.419 e. The highest BCUT2D eigenvalue weighted by Crippen LogP contribution is 2.51. The predicted molar refractivity (Wildman–Crippen MR) is 153 cm³/mol. The second-order valence-electron chi connectivity index (χ2n) is 12.8. The molecular weight excluding hydrogens is 541 g/mol. The summed E-state index contributed by atoms with van der Waals surface area (Å²) in [5, 5.41) is 8.51. The van der Waals surface area contributed by atoms with E-state index in [1.165, 1.54) is 31.5 Å². The van der Waals surface area contributed by atoms with Gasteiger partial charge in [0.25, 0.3) is 5.56 Å². The highest BCUT2D eigenvalue weighted by atomic mass is 19.4. The van der Waals surface area contributed by atoms with Crippen molar-refractivity contribution >= 4 is 5.65 Å². The van der Waals surface area contributed by atoms with Crippen molar-refractivity contribution in [1.82, 2.24) is 29.0 Å². The first-order valence-electron chi connectivity index (χ1n) is 14.9. The van der Waals surface area contributed by atoms with E-state index in [1.54, 1.807) is 12.5 Å². The van der Waals surface area contributed by atoms with Gasteiger partial charge in [0.05, 0.1) is 16.5 Å². The molecule has 42 heavy (non-hydrogen) atoms. The van der Waals surface area contributed by atoms with Crippen LogP contribution in [-0.2, 0) is 25.2 Å². The van der Waals surface area contributed by atoms with Crippen molar-refractivity contribution in [1.29, 1.82) is 0 Å². The highest BCUT2D eigenvalue weighted by Gasteiger charge is 2.48. The van der Waals surface area contributed by atoms with Crippen molar-refractivity contribution in [2.75, 3.05) is 13.1 Å². The van der Waals surface area contributed by atoms with Crippen LogP contribution in [0, 0.1) is 17.8 Å². The van der Waals surface area contributed by atoms with Crippen molar-refractivity contribution < 1.29 is 13.2 Å². The molecule has 1 aliphatic heterocycles. The molecule has 0 spiro atoms. The van der Waals surface area contributed by atoms with Gasteiger partial charge in [0.15, 0.2) is 5.65 Å². The molecule has 0 amide bonds. The lowest BCUT2D eigenvalue weighted by Crippen LogP contribution is -2.43. The van der Waals surface area contributed by atoms with E-state index in [-0.39, 0.29) is 16.6 Å². The number of likely N-dealkylation sites (tertiary alicyclic amines) is 1. The number of hydrogen-bond acceptors (Lipinski definition) is 5. The van der Waals surface area contributed by atoms with Gasteiger partial charge in [-0.1, -0.05) is 25.1 Å². The third-order valence-corrected chi connectivity index (χ3v) is 9.66. The molecule has 1 saturated heterocycles. The average molecular weight is 577 g/mol. The minimum Gasteiger partial charge on any atom is -0.320 e. The van der Waals surface area contributed by atoms with Crippen LogP contribution in [0.4, 0.5) is 13.2 Å². The van der Waals surface area contributed by atoms with Crippen LogP contribution in [0.5, 0.6) is 0 Å². The summed E-state index contributed by atoms with van der Waals surface area (Å²) in [6.07, 6.45) is 6.46. The summed E-state index contributed by atoms with van der Waals surface area (Å²) in [4.78, 5) is 20.4. The van der Waals surface area contributed by atoms with E-state index < -0.39 is 17.3 Å². The molecular formula is C32H35F3N6O. The Kier molecular flexibility index (Phi) is 6.53. The number of benzene rings is 1. The quantitative estimate of drug-likeness (QED) is 0.288. The third kappa shape index (κ3) is 4.73. The Labute approximate surface area is 242 Å². The van der Waals surface area contributed by atoms with Gasteiger partial charge in [-0.15, -0.1) is 10.2 Å². The number of halogens is 3. The second-order valence-corrected chi connectivity index (χ2v) is 12.8. The normalized spacial score (nSPS) is 25.1. The maximum atomic E-state index is 14.3.